The van der Waals surface area contributed by atoms with Crippen LogP contribution in [0, 0.1) is 0 Å². The zero-order chi connectivity index (χ0) is 6.41. The minimum absolute atomic E-state index is 0.731. The van der Waals surface area contributed by atoms with Crippen LogP contribution in [0.1, 0.15) is 20.3 Å². The van der Waals surface area contributed by atoms with Crippen molar-refractivity contribution in [3.05, 3.63) is 24.7 Å². The summed E-state index contributed by atoms with van der Waals surface area (Å²) in [7, 11) is 0. The SMILES string of the molecule is C=C(C)OC=CCC. The first-order chi connectivity index (χ1) is 3.77. The highest BCUT2D eigenvalue weighted by Gasteiger charge is 1.73. The summed E-state index contributed by atoms with van der Waals surface area (Å²) in [5.41, 5.74) is 0. The summed E-state index contributed by atoms with van der Waals surface area (Å²) in [5, 5.41) is 0. The second-order valence-electron chi connectivity index (χ2n) is 1.60. The van der Waals surface area contributed by atoms with Gasteiger partial charge in [-0.2, -0.15) is 0 Å². The highest BCUT2D eigenvalue weighted by Crippen LogP contribution is 1.90. The van der Waals surface area contributed by atoms with Gasteiger partial charge in [0.2, 0.25) is 0 Å². The van der Waals surface area contributed by atoms with Crippen LogP contribution in [0.4, 0.5) is 0 Å². The average molecular weight is 112 g/mol. The summed E-state index contributed by atoms with van der Waals surface area (Å²) in [6, 6.07) is 0. The van der Waals surface area contributed by atoms with E-state index in [0.717, 1.165) is 12.2 Å². The predicted octanol–water partition coefficient (Wildman–Crippen LogP) is 2.46. The molecule has 0 rings (SSSR count). The summed E-state index contributed by atoms with van der Waals surface area (Å²) in [4.78, 5) is 0. The fraction of sp³-hybridized carbons (Fsp3) is 0.429. The quantitative estimate of drug-likeness (QED) is 0.509. The van der Waals surface area contributed by atoms with Gasteiger partial charge >= 0.3 is 0 Å². The van der Waals surface area contributed by atoms with Crippen molar-refractivity contribution in [2.45, 2.75) is 20.3 Å². The Hall–Kier alpha value is -0.720. The Kier molecular flexibility index (Phi) is 4.04. The summed E-state index contributed by atoms with van der Waals surface area (Å²) in [5.74, 6) is 0.731. The van der Waals surface area contributed by atoms with Crippen LogP contribution in [0.3, 0.4) is 0 Å². The van der Waals surface area contributed by atoms with Crippen molar-refractivity contribution in [3.8, 4) is 0 Å². The van der Waals surface area contributed by atoms with Gasteiger partial charge in [0.05, 0.1) is 12.0 Å². The Balaban J connectivity index is 3.16. The number of ether oxygens (including phenoxy) is 1. The summed E-state index contributed by atoms with van der Waals surface area (Å²) >= 11 is 0. The molecule has 1 nitrogen and oxygen atoms in total. The van der Waals surface area contributed by atoms with Crippen molar-refractivity contribution in [1.29, 1.82) is 0 Å². The molecule has 0 saturated carbocycles. The molecular formula is C7H12O. The Morgan fingerprint density at radius 3 is 2.75 bits per heavy atom. The van der Waals surface area contributed by atoms with E-state index in [0.29, 0.717) is 0 Å². The van der Waals surface area contributed by atoms with Gasteiger partial charge < -0.3 is 4.74 Å². The molecular weight excluding hydrogens is 100 g/mol. The lowest BCUT2D eigenvalue weighted by Gasteiger charge is -1.92. The van der Waals surface area contributed by atoms with Gasteiger partial charge in [-0.3, -0.25) is 0 Å². The number of hydrogen-bond donors (Lipinski definition) is 0. The van der Waals surface area contributed by atoms with Gasteiger partial charge in [-0.25, -0.2) is 0 Å². The molecule has 0 saturated heterocycles. The molecule has 0 bridgehead atoms. The molecule has 0 N–H and O–H groups in total. The Morgan fingerprint density at radius 1 is 1.75 bits per heavy atom. The summed E-state index contributed by atoms with van der Waals surface area (Å²) in [6.45, 7) is 7.43. The van der Waals surface area contributed by atoms with Crippen LogP contribution in [0.5, 0.6) is 0 Å². The first-order valence-electron chi connectivity index (χ1n) is 2.74. The maximum absolute atomic E-state index is 4.91. The maximum atomic E-state index is 4.91. The van der Waals surface area contributed by atoms with Crippen LogP contribution in [-0.4, -0.2) is 0 Å². The average Bonchev–Trinajstić information content (AvgIpc) is 1.66. The molecule has 0 aliphatic carbocycles. The first kappa shape index (κ1) is 7.28. The molecule has 0 heterocycles. The van der Waals surface area contributed by atoms with Crippen LogP contribution in [0.15, 0.2) is 24.7 Å². The largest absolute Gasteiger partial charge is 0.471 e. The number of allylic oxidation sites excluding steroid dienone is 2. The van der Waals surface area contributed by atoms with Crippen molar-refractivity contribution in [3.63, 3.8) is 0 Å². The summed E-state index contributed by atoms with van der Waals surface area (Å²) < 4.78 is 4.91. The standard InChI is InChI=1S/C7H12O/c1-4-5-6-8-7(2)3/h5-6H,2,4H2,1,3H3. The lowest BCUT2D eigenvalue weighted by molar-refractivity contribution is 0.354. The second-order valence-corrected chi connectivity index (χ2v) is 1.60. The molecule has 1 heteroatoms. The van der Waals surface area contributed by atoms with E-state index in [4.69, 9.17) is 4.74 Å². The topological polar surface area (TPSA) is 9.23 Å². The third-order valence-electron chi connectivity index (χ3n) is 0.601. The van der Waals surface area contributed by atoms with E-state index in [1.807, 2.05) is 13.0 Å². The molecule has 0 amide bonds. The van der Waals surface area contributed by atoms with E-state index in [1.165, 1.54) is 0 Å². The third kappa shape index (κ3) is 5.28. The lowest BCUT2D eigenvalue weighted by Crippen LogP contribution is -1.71. The molecule has 0 aliphatic heterocycles. The van der Waals surface area contributed by atoms with E-state index in [1.54, 1.807) is 6.26 Å². The lowest BCUT2D eigenvalue weighted by atomic mass is 10.5. The fourth-order valence-corrected chi connectivity index (χ4v) is 0.260. The smallest absolute Gasteiger partial charge is 0.0929 e. The van der Waals surface area contributed by atoms with Gasteiger partial charge in [0.25, 0.3) is 0 Å². The number of rotatable bonds is 3. The van der Waals surface area contributed by atoms with E-state index in [9.17, 15) is 0 Å². The van der Waals surface area contributed by atoms with Crippen molar-refractivity contribution in [1.82, 2.24) is 0 Å². The van der Waals surface area contributed by atoms with Crippen molar-refractivity contribution >= 4 is 0 Å². The minimum atomic E-state index is 0.731. The highest BCUT2D eigenvalue weighted by atomic mass is 16.5. The Labute approximate surface area is 50.7 Å². The fourth-order valence-electron chi connectivity index (χ4n) is 0.260. The normalized spacial score (nSPS) is 9.75. The van der Waals surface area contributed by atoms with Gasteiger partial charge in [0.15, 0.2) is 0 Å². The molecule has 46 valence electrons. The molecule has 0 atom stereocenters. The van der Waals surface area contributed by atoms with Gasteiger partial charge in [-0.15, -0.1) is 0 Å². The molecule has 0 aromatic heterocycles. The van der Waals surface area contributed by atoms with Crippen molar-refractivity contribution in [2.24, 2.45) is 0 Å². The monoisotopic (exact) mass is 112 g/mol. The molecule has 8 heavy (non-hydrogen) atoms. The van der Waals surface area contributed by atoms with E-state index >= 15 is 0 Å². The molecule has 0 unspecified atom stereocenters. The predicted molar refractivity (Wildman–Crippen MR) is 35.3 cm³/mol. The summed E-state index contributed by atoms with van der Waals surface area (Å²) in [6.07, 6.45) is 4.60. The molecule has 0 aromatic rings. The van der Waals surface area contributed by atoms with Crippen LogP contribution in [0.2, 0.25) is 0 Å². The maximum Gasteiger partial charge on any atom is 0.0929 e. The molecule has 0 fully saturated rings. The molecule has 0 radical (unpaired) electrons. The van der Waals surface area contributed by atoms with E-state index in [2.05, 4.69) is 13.5 Å². The minimum Gasteiger partial charge on any atom is -0.471 e. The van der Waals surface area contributed by atoms with Crippen LogP contribution in [-0.2, 0) is 4.74 Å². The van der Waals surface area contributed by atoms with Gasteiger partial charge in [0.1, 0.15) is 0 Å². The van der Waals surface area contributed by atoms with Crippen molar-refractivity contribution in [2.75, 3.05) is 0 Å². The van der Waals surface area contributed by atoms with Gasteiger partial charge in [-0.05, 0) is 19.4 Å². The van der Waals surface area contributed by atoms with Crippen LogP contribution >= 0.6 is 0 Å². The van der Waals surface area contributed by atoms with Gasteiger partial charge in [-0.1, -0.05) is 13.5 Å². The van der Waals surface area contributed by atoms with E-state index in [-0.39, 0.29) is 0 Å². The molecule has 0 spiro atoms. The first-order valence-corrected chi connectivity index (χ1v) is 2.74. The van der Waals surface area contributed by atoms with Crippen LogP contribution in [0.25, 0.3) is 0 Å². The third-order valence-corrected chi connectivity index (χ3v) is 0.601. The number of hydrogen-bond acceptors (Lipinski definition) is 1. The van der Waals surface area contributed by atoms with Gasteiger partial charge in [0, 0.05) is 0 Å². The van der Waals surface area contributed by atoms with Crippen molar-refractivity contribution < 1.29 is 4.74 Å². The van der Waals surface area contributed by atoms with E-state index < -0.39 is 0 Å². The zero-order valence-electron chi connectivity index (χ0n) is 5.48. The Bertz CT molecular complexity index is 92.6. The molecule has 0 aliphatic rings. The zero-order valence-corrected chi connectivity index (χ0v) is 5.48. The Morgan fingerprint density at radius 2 is 2.38 bits per heavy atom. The molecule has 0 aromatic carbocycles. The van der Waals surface area contributed by atoms with Crippen LogP contribution < -0.4 is 0 Å². The highest BCUT2D eigenvalue weighted by molar-refractivity contribution is 4.81. The second kappa shape index (κ2) is 4.44.